The van der Waals surface area contributed by atoms with E-state index in [1.807, 2.05) is 6.92 Å². The second kappa shape index (κ2) is 9.00. The topological polar surface area (TPSA) is 142 Å². The number of anilines is 1. The van der Waals surface area contributed by atoms with Crippen LogP contribution < -0.4 is 11.0 Å². The number of aromatic nitrogens is 2. The van der Waals surface area contributed by atoms with Gasteiger partial charge in [-0.1, -0.05) is 6.92 Å². The SMILES string of the molecule is CCc1cn([C@@H]2O[C@H](COC(=O)OC)C[C@H]2OC(C)=O)c(=O)nc1NC#N. The van der Waals surface area contributed by atoms with E-state index in [0.717, 1.165) is 0 Å². The fourth-order valence-corrected chi connectivity index (χ4v) is 2.72. The highest BCUT2D eigenvalue weighted by Crippen LogP contribution is 2.31. The van der Waals surface area contributed by atoms with Crippen LogP contribution in [-0.2, 0) is 30.2 Å². The van der Waals surface area contributed by atoms with Crippen molar-refractivity contribution in [1.82, 2.24) is 9.55 Å². The Labute approximate surface area is 154 Å². The molecule has 1 aliphatic heterocycles. The zero-order valence-electron chi connectivity index (χ0n) is 15.1. The number of ether oxygens (including phenoxy) is 4. The molecule has 1 aliphatic rings. The van der Waals surface area contributed by atoms with Crippen molar-refractivity contribution in [1.29, 1.82) is 5.26 Å². The van der Waals surface area contributed by atoms with Gasteiger partial charge in [-0.05, 0) is 6.42 Å². The molecule has 0 radical (unpaired) electrons. The van der Waals surface area contributed by atoms with Crippen molar-refractivity contribution < 1.29 is 28.5 Å². The molecule has 0 unspecified atom stereocenters. The van der Waals surface area contributed by atoms with Gasteiger partial charge in [-0.15, -0.1) is 0 Å². The molecule has 11 heteroatoms. The minimum absolute atomic E-state index is 0.127. The van der Waals surface area contributed by atoms with Gasteiger partial charge in [0.25, 0.3) is 0 Å². The van der Waals surface area contributed by atoms with Gasteiger partial charge < -0.3 is 18.9 Å². The Morgan fingerprint density at radius 2 is 2.26 bits per heavy atom. The average molecular weight is 380 g/mol. The summed E-state index contributed by atoms with van der Waals surface area (Å²) < 4.78 is 21.5. The smallest absolute Gasteiger partial charge is 0.458 e. The molecular weight excluding hydrogens is 360 g/mol. The van der Waals surface area contributed by atoms with Gasteiger partial charge in [0, 0.05) is 25.1 Å². The molecule has 1 fully saturated rings. The summed E-state index contributed by atoms with van der Waals surface area (Å²) in [7, 11) is 1.18. The third-order valence-electron chi connectivity index (χ3n) is 3.87. The van der Waals surface area contributed by atoms with Crippen LogP contribution in [0.5, 0.6) is 0 Å². The van der Waals surface area contributed by atoms with Crippen LogP contribution in [0.25, 0.3) is 0 Å². The first-order valence-corrected chi connectivity index (χ1v) is 8.20. The third kappa shape index (κ3) is 4.95. The molecule has 2 heterocycles. The lowest BCUT2D eigenvalue weighted by Gasteiger charge is -2.21. The van der Waals surface area contributed by atoms with Crippen molar-refractivity contribution in [3.63, 3.8) is 0 Å². The monoisotopic (exact) mass is 380 g/mol. The largest absolute Gasteiger partial charge is 0.508 e. The van der Waals surface area contributed by atoms with E-state index in [1.165, 1.54) is 24.8 Å². The van der Waals surface area contributed by atoms with Gasteiger partial charge in [-0.25, -0.2) is 9.59 Å². The van der Waals surface area contributed by atoms with Crippen LogP contribution in [0, 0.1) is 11.5 Å². The first-order chi connectivity index (χ1) is 12.9. The summed E-state index contributed by atoms with van der Waals surface area (Å²) in [5, 5.41) is 11.1. The van der Waals surface area contributed by atoms with Crippen molar-refractivity contribution in [2.75, 3.05) is 19.0 Å². The molecule has 146 valence electrons. The van der Waals surface area contributed by atoms with E-state index in [1.54, 1.807) is 6.19 Å². The zero-order chi connectivity index (χ0) is 20.0. The van der Waals surface area contributed by atoms with Crippen LogP contribution in [0.4, 0.5) is 10.6 Å². The van der Waals surface area contributed by atoms with E-state index < -0.39 is 36.3 Å². The standard InChI is InChI=1S/C16H20N4O7/c1-4-10-6-20(15(22)19-13(10)18-8-17)14-12(26-9(2)21)5-11(27-14)7-25-16(23)24-3/h6,11-12,14H,4-5,7H2,1-3H3,(H,18,19,22)/t11-,12+,14+/m0/s1. The zero-order valence-corrected chi connectivity index (χ0v) is 15.1. The van der Waals surface area contributed by atoms with Crippen LogP contribution in [0.3, 0.4) is 0 Å². The summed E-state index contributed by atoms with van der Waals surface area (Å²) in [5.74, 6) is -0.378. The molecule has 27 heavy (non-hydrogen) atoms. The van der Waals surface area contributed by atoms with Crippen LogP contribution in [0.15, 0.2) is 11.0 Å². The summed E-state index contributed by atoms with van der Waals surface area (Å²) >= 11 is 0. The van der Waals surface area contributed by atoms with E-state index in [0.29, 0.717) is 12.0 Å². The molecule has 1 aromatic heterocycles. The summed E-state index contributed by atoms with van der Waals surface area (Å²) in [6.45, 7) is 2.95. The molecule has 1 saturated heterocycles. The number of carbonyl (C=O) groups is 2. The molecule has 0 aliphatic carbocycles. The maximum absolute atomic E-state index is 12.4. The van der Waals surface area contributed by atoms with Crippen molar-refractivity contribution in [3.8, 4) is 6.19 Å². The minimum Gasteiger partial charge on any atom is -0.458 e. The molecule has 1 N–H and O–H groups in total. The first-order valence-electron chi connectivity index (χ1n) is 8.20. The number of esters is 1. The molecule has 11 nitrogen and oxygen atoms in total. The predicted octanol–water partition coefficient (Wildman–Crippen LogP) is 0.701. The molecule has 0 spiro atoms. The number of nitrogens with zero attached hydrogens (tertiary/aromatic N) is 3. The van der Waals surface area contributed by atoms with E-state index in [4.69, 9.17) is 19.5 Å². The number of nitrogens with one attached hydrogen (secondary N) is 1. The number of hydrogen-bond acceptors (Lipinski definition) is 10. The molecule has 2 rings (SSSR count). The Balaban J connectivity index is 2.29. The maximum Gasteiger partial charge on any atom is 0.508 e. The van der Waals surface area contributed by atoms with E-state index in [-0.39, 0.29) is 18.8 Å². The van der Waals surface area contributed by atoms with Crippen LogP contribution in [0.1, 0.15) is 32.1 Å². The van der Waals surface area contributed by atoms with Gasteiger partial charge in [0.05, 0.1) is 13.2 Å². The average Bonchev–Trinajstić information content (AvgIpc) is 3.02. The van der Waals surface area contributed by atoms with Crippen molar-refractivity contribution in [2.45, 2.75) is 45.1 Å². The molecule has 0 aromatic carbocycles. The normalized spacial score (nSPS) is 21.2. The Bertz CT molecular complexity index is 801. The van der Waals surface area contributed by atoms with E-state index in [2.05, 4.69) is 15.0 Å². The quantitative estimate of drug-likeness (QED) is 0.426. The van der Waals surface area contributed by atoms with E-state index in [9.17, 15) is 14.4 Å². The van der Waals surface area contributed by atoms with Crippen molar-refractivity contribution in [3.05, 3.63) is 22.2 Å². The van der Waals surface area contributed by atoms with Crippen molar-refractivity contribution >= 4 is 17.9 Å². The van der Waals surface area contributed by atoms with Crippen LogP contribution in [0.2, 0.25) is 0 Å². The Hall–Kier alpha value is -3.13. The molecule has 0 amide bonds. The minimum atomic E-state index is -0.943. The second-order valence-electron chi connectivity index (χ2n) is 5.69. The lowest BCUT2D eigenvalue weighted by molar-refractivity contribution is -0.152. The molecule has 1 aromatic rings. The van der Waals surface area contributed by atoms with Gasteiger partial charge in [-0.2, -0.15) is 10.2 Å². The fraction of sp³-hybridized carbons (Fsp3) is 0.562. The van der Waals surface area contributed by atoms with E-state index >= 15 is 0 Å². The number of methoxy groups -OCH3 is 1. The highest BCUT2D eigenvalue weighted by molar-refractivity contribution is 5.66. The first kappa shape index (κ1) is 20.2. The summed E-state index contributed by atoms with van der Waals surface area (Å²) in [6, 6.07) is 0. The Kier molecular flexibility index (Phi) is 6.73. The molecule has 0 saturated carbocycles. The highest BCUT2D eigenvalue weighted by Gasteiger charge is 2.40. The van der Waals surface area contributed by atoms with Gasteiger partial charge in [0.15, 0.2) is 12.4 Å². The summed E-state index contributed by atoms with van der Waals surface area (Å²) in [4.78, 5) is 38.8. The lowest BCUT2D eigenvalue weighted by Crippen LogP contribution is -2.34. The lowest BCUT2D eigenvalue weighted by atomic mass is 10.2. The number of carbonyl (C=O) groups excluding carboxylic acids is 2. The highest BCUT2D eigenvalue weighted by atomic mass is 16.7. The summed E-state index contributed by atoms with van der Waals surface area (Å²) in [6.07, 6.45) is 0.752. The van der Waals surface area contributed by atoms with Gasteiger partial charge in [0.2, 0.25) is 0 Å². The molecular formula is C16H20N4O7. The molecule has 3 atom stereocenters. The number of aryl methyl sites for hydroxylation is 1. The number of hydrogen-bond donors (Lipinski definition) is 1. The second-order valence-corrected chi connectivity index (χ2v) is 5.69. The maximum atomic E-state index is 12.4. The van der Waals surface area contributed by atoms with Crippen molar-refractivity contribution in [2.24, 2.45) is 0 Å². The van der Waals surface area contributed by atoms with Gasteiger partial charge >= 0.3 is 17.8 Å². The van der Waals surface area contributed by atoms with Gasteiger partial charge in [-0.3, -0.25) is 14.7 Å². The summed E-state index contributed by atoms with van der Waals surface area (Å²) in [5.41, 5.74) is -0.0720. The fourth-order valence-electron chi connectivity index (χ4n) is 2.72. The predicted molar refractivity (Wildman–Crippen MR) is 89.5 cm³/mol. The third-order valence-corrected chi connectivity index (χ3v) is 3.87. The molecule has 0 bridgehead atoms. The van der Waals surface area contributed by atoms with Crippen LogP contribution >= 0.6 is 0 Å². The number of nitriles is 1. The Morgan fingerprint density at radius 3 is 2.85 bits per heavy atom. The van der Waals surface area contributed by atoms with Crippen LogP contribution in [-0.4, -0.2) is 47.6 Å². The Morgan fingerprint density at radius 1 is 1.52 bits per heavy atom. The van der Waals surface area contributed by atoms with Gasteiger partial charge in [0.1, 0.15) is 18.5 Å². The number of rotatable bonds is 6.